The van der Waals surface area contributed by atoms with Crippen LogP contribution in [-0.2, 0) is 9.59 Å². The maximum atomic E-state index is 10.1. The van der Waals surface area contributed by atoms with Crippen molar-refractivity contribution in [3.05, 3.63) is 11.8 Å². The van der Waals surface area contributed by atoms with E-state index in [-0.39, 0.29) is 12.2 Å². The Morgan fingerprint density at radius 1 is 0.867 bits per heavy atom. The molecule has 5 heteroatoms. The van der Waals surface area contributed by atoms with Crippen LogP contribution < -0.4 is 0 Å². The molecule has 86 valence electrons. The summed E-state index contributed by atoms with van der Waals surface area (Å²) >= 11 is 0. The topological polar surface area (TPSA) is 94.8 Å². The van der Waals surface area contributed by atoms with Gasteiger partial charge in [0, 0.05) is 12.8 Å². The van der Waals surface area contributed by atoms with Crippen molar-refractivity contribution in [2.45, 2.75) is 38.5 Å². The minimum Gasteiger partial charge on any atom is -0.512 e. The fraction of sp³-hybridized carbons (Fsp3) is 0.600. The Morgan fingerprint density at radius 3 is 1.87 bits per heavy atom. The molecule has 0 aromatic rings. The van der Waals surface area contributed by atoms with Gasteiger partial charge in [0.25, 0.3) is 0 Å². The van der Waals surface area contributed by atoms with E-state index in [9.17, 15) is 9.59 Å². The first-order chi connectivity index (χ1) is 7.02. The molecule has 0 saturated carbocycles. The first kappa shape index (κ1) is 13.5. The summed E-state index contributed by atoms with van der Waals surface area (Å²) < 4.78 is 0. The number of carbonyl (C=O) groups is 2. The molecule has 0 rings (SSSR count). The van der Waals surface area contributed by atoms with Gasteiger partial charge in [-0.15, -0.1) is 0 Å². The van der Waals surface area contributed by atoms with Crippen LogP contribution in [0.1, 0.15) is 38.5 Å². The van der Waals surface area contributed by atoms with Crippen molar-refractivity contribution in [2.24, 2.45) is 0 Å². The molecule has 0 aliphatic rings. The van der Waals surface area contributed by atoms with Crippen molar-refractivity contribution in [3.8, 4) is 0 Å². The molecule has 0 bridgehead atoms. The number of rotatable bonds is 8. The Labute approximate surface area is 88.0 Å². The molecule has 5 nitrogen and oxygen atoms in total. The molecule has 0 aromatic carbocycles. The summed E-state index contributed by atoms with van der Waals surface area (Å²) in [5.74, 6) is -2.09. The predicted molar refractivity (Wildman–Crippen MR) is 53.7 cm³/mol. The maximum absolute atomic E-state index is 10.1. The first-order valence-corrected chi connectivity index (χ1v) is 4.86. The standard InChI is InChI=1S/C10H16O5/c11-8(7-10(14)15)5-3-1-2-4-6-9(12)13/h7,11H,1-6H2,(H,12,13)(H,14,15). The minimum atomic E-state index is -1.15. The highest BCUT2D eigenvalue weighted by Gasteiger charge is 1.99. The van der Waals surface area contributed by atoms with Gasteiger partial charge in [0.05, 0.1) is 11.8 Å². The molecule has 0 aromatic heterocycles. The smallest absolute Gasteiger partial charge is 0.331 e. The molecule has 0 aliphatic carbocycles. The fourth-order valence-electron chi connectivity index (χ4n) is 1.15. The van der Waals surface area contributed by atoms with E-state index in [1.165, 1.54) is 0 Å². The molecule has 0 spiro atoms. The van der Waals surface area contributed by atoms with E-state index in [2.05, 4.69) is 0 Å². The van der Waals surface area contributed by atoms with Crippen molar-refractivity contribution in [1.29, 1.82) is 0 Å². The van der Waals surface area contributed by atoms with Crippen molar-refractivity contribution >= 4 is 11.9 Å². The van der Waals surface area contributed by atoms with Crippen LogP contribution in [0.5, 0.6) is 0 Å². The zero-order valence-corrected chi connectivity index (χ0v) is 8.48. The summed E-state index contributed by atoms with van der Waals surface area (Å²) in [6.07, 6.45) is 4.15. The average Bonchev–Trinajstić information content (AvgIpc) is 2.09. The van der Waals surface area contributed by atoms with E-state index in [1.807, 2.05) is 0 Å². The summed E-state index contributed by atoms with van der Waals surface area (Å²) in [6.45, 7) is 0. The van der Waals surface area contributed by atoms with E-state index < -0.39 is 11.9 Å². The lowest BCUT2D eigenvalue weighted by molar-refractivity contribution is -0.137. The molecule has 0 aliphatic heterocycles. The Hall–Kier alpha value is -1.52. The number of aliphatic carboxylic acids is 2. The predicted octanol–water partition coefficient (Wildman–Crippen LogP) is 1.94. The summed E-state index contributed by atoms with van der Waals surface area (Å²) in [5.41, 5.74) is 0. The summed E-state index contributed by atoms with van der Waals surface area (Å²) in [5, 5.41) is 25.7. The third kappa shape index (κ3) is 10.4. The van der Waals surface area contributed by atoms with Gasteiger partial charge in [-0.3, -0.25) is 4.79 Å². The highest BCUT2D eigenvalue weighted by molar-refractivity contribution is 5.80. The second-order valence-corrected chi connectivity index (χ2v) is 3.28. The molecule has 0 heterocycles. The fourth-order valence-corrected chi connectivity index (χ4v) is 1.15. The first-order valence-electron chi connectivity index (χ1n) is 4.86. The van der Waals surface area contributed by atoms with Gasteiger partial charge >= 0.3 is 11.9 Å². The quantitative estimate of drug-likeness (QED) is 0.327. The molecule has 0 atom stereocenters. The lowest BCUT2D eigenvalue weighted by Crippen LogP contribution is -1.94. The molecular formula is C10H16O5. The van der Waals surface area contributed by atoms with Crippen molar-refractivity contribution in [2.75, 3.05) is 0 Å². The van der Waals surface area contributed by atoms with Crippen LogP contribution in [0.25, 0.3) is 0 Å². The number of aliphatic hydroxyl groups excluding tert-OH is 1. The Kier molecular flexibility index (Phi) is 7.05. The minimum absolute atomic E-state index is 0.138. The van der Waals surface area contributed by atoms with Gasteiger partial charge < -0.3 is 15.3 Å². The van der Waals surface area contributed by atoms with Gasteiger partial charge in [0.2, 0.25) is 0 Å². The lowest BCUT2D eigenvalue weighted by atomic mass is 10.1. The van der Waals surface area contributed by atoms with Crippen LogP contribution >= 0.6 is 0 Å². The van der Waals surface area contributed by atoms with Crippen LogP contribution in [0.4, 0.5) is 0 Å². The van der Waals surface area contributed by atoms with Gasteiger partial charge in [-0.05, 0) is 12.8 Å². The number of hydrogen-bond donors (Lipinski definition) is 3. The lowest BCUT2D eigenvalue weighted by Gasteiger charge is -1.99. The zero-order chi connectivity index (χ0) is 11.7. The zero-order valence-electron chi connectivity index (χ0n) is 8.48. The van der Waals surface area contributed by atoms with E-state index in [1.54, 1.807) is 0 Å². The van der Waals surface area contributed by atoms with E-state index in [0.29, 0.717) is 19.3 Å². The van der Waals surface area contributed by atoms with Gasteiger partial charge in [0.1, 0.15) is 0 Å². The van der Waals surface area contributed by atoms with Crippen molar-refractivity contribution in [1.82, 2.24) is 0 Å². The number of unbranched alkanes of at least 4 members (excludes halogenated alkanes) is 3. The molecule has 0 radical (unpaired) electrons. The summed E-state index contributed by atoms with van der Waals surface area (Å²) in [7, 11) is 0. The highest BCUT2D eigenvalue weighted by Crippen LogP contribution is 2.09. The highest BCUT2D eigenvalue weighted by atomic mass is 16.4. The second kappa shape index (κ2) is 7.84. The largest absolute Gasteiger partial charge is 0.512 e. The van der Waals surface area contributed by atoms with E-state index >= 15 is 0 Å². The average molecular weight is 216 g/mol. The number of allylic oxidation sites excluding steroid dienone is 1. The van der Waals surface area contributed by atoms with E-state index in [0.717, 1.165) is 18.9 Å². The molecule has 0 unspecified atom stereocenters. The van der Waals surface area contributed by atoms with Crippen LogP contribution in [0, 0.1) is 0 Å². The van der Waals surface area contributed by atoms with E-state index in [4.69, 9.17) is 15.3 Å². The monoisotopic (exact) mass is 216 g/mol. The van der Waals surface area contributed by atoms with Gasteiger partial charge in [0.15, 0.2) is 0 Å². The molecule has 0 fully saturated rings. The van der Waals surface area contributed by atoms with Gasteiger partial charge in [-0.25, -0.2) is 4.79 Å². The summed E-state index contributed by atoms with van der Waals surface area (Å²) in [4.78, 5) is 20.3. The Bertz CT molecular complexity index is 244. The molecule has 0 saturated heterocycles. The number of carboxylic acid groups (broad SMARTS) is 2. The molecule has 3 N–H and O–H groups in total. The van der Waals surface area contributed by atoms with Crippen molar-refractivity contribution < 1.29 is 24.9 Å². The molecular weight excluding hydrogens is 200 g/mol. The number of carboxylic acids is 2. The third-order valence-corrected chi connectivity index (χ3v) is 1.86. The SMILES string of the molecule is O=C(O)C=C(O)CCCCCCC(=O)O. The Balaban J connectivity index is 3.39. The van der Waals surface area contributed by atoms with Crippen LogP contribution in [0.2, 0.25) is 0 Å². The third-order valence-electron chi connectivity index (χ3n) is 1.86. The number of aliphatic hydroxyl groups is 1. The number of hydrogen-bond acceptors (Lipinski definition) is 3. The normalized spacial score (nSPS) is 11.3. The summed E-state index contributed by atoms with van der Waals surface area (Å²) in [6, 6.07) is 0. The van der Waals surface area contributed by atoms with Gasteiger partial charge in [-0.2, -0.15) is 0 Å². The molecule has 0 amide bonds. The molecule has 15 heavy (non-hydrogen) atoms. The van der Waals surface area contributed by atoms with Crippen LogP contribution in [0.15, 0.2) is 11.8 Å². The van der Waals surface area contributed by atoms with Crippen LogP contribution in [0.3, 0.4) is 0 Å². The van der Waals surface area contributed by atoms with Crippen LogP contribution in [-0.4, -0.2) is 27.3 Å². The Morgan fingerprint density at radius 2 is 1.40 bits per heavy atom. The van der Waals surface area contributed by atoms with Crippen molar-refractivity contribution in [3.63, 3.8) is 0 Å². The van der Waals surface area contributed by atoms with Gasteiger partial charge in [-0.1, -0.05) is 12.8 Å². The maximum Gasteiger partial charge on any atom is 0.331 e. The second-order valence-electron chi connectivity index (χ2n) is 3.28.